The summed E-state index contributed by atoms with van der Waals surface area (Å²) in [4.78, 5) is 28.1. The summed E-state index contributed by atoms with van der Waals surface area (Å²) in [5.41, 5.74) is 4.77. The molecule has 1 aromatic carbocycles. The van der Waals surface area contributed by atoms with Crippen LogP contribution in [0.2, 0.25) is 0 Å². The van der Waals surface area contributed by atoms with Crippen LogP contribution in [0.5, 0.6) is 5.75 Å². The van der Waals surface area contributed by atoms with Gasteiger partial charge in [0, 0.05) is 38.5 Å². The summed E-state index contributed by atoms with van der Waals surface area (Å²) in [6.07, 6.45) is 2.35. The van der Waals surface area contributed by atoms with E-state index in [0.717, 1.165) is 60.6 Å². The first-order chi connectivity index (χ1) is 17.5. The van der Waals surface area contributed by atoms with Crippen molar-refractivity contribution in [1.82, 2.24) is 14.5 Å². The fraction of sp³-hybridized carbons (Fsp3) is 0.407. The predicted molar refractivity (Wildman–Crippen MR) is 136 cm³/mol. The number of pyridine rings is 2. The molecule has 0 N–H and O–H groups in total. The molecular formula is C27H27N5O4. The maximum atomic E-state index is 12.9. The van der Waals surface area contributed by atoms with Crippen LogP contribution in [0.25, 0.3) is 27.0 Å². The van der Waals surface area contributed by atoms with Gasteiger partial charge in [-0.2, -0.15) is 0 Å². The summed E-state index contributed by atoms with van der Waals surface area (Å²) in [5.74, 6) is 1.58. The smallest absolute Gasteiger partial charge is 0.312 e. The number of hydrogen-bond donors (Lipinski definition) is 0. The van der Waals surface area contributed by atoms with Crippen molar-refractivity contribution in [2.45, 2.75) is 38.2 Å². The molecule has 4 aromatic rings. The lowest BCUT2D eigenvalue weighted by Crippen LogP contribution is -2.34. The number of aryl methyl sites for hydroxylation is 2. The minimum Gasteiger partial charge on any atom is -0.497 e. The highest BCUT2D eigenvalue weighted by molar-refractivity contribution is 5.91. The lowest BCUT2D eigenvalue weighted by atomic mass is 9.96. The maximum absolute atomic E-state index is 12.9. The molecule has 0 unspecified atom stereocenters. The van der Waals surface area contributed by atoms with Crippen molar-refractivity contribution in [3.05, 3.63) is 63.6 Å². The van der Waals surface area contributed by atoms with Gasteiger partial charge in [0.1, 0.15) is 17.4 Å². The molecule has 2 aliphatic rings. The van der Waals surface area contributed by atoms with E-state index in [1.807, 2.05) is 25.1 Å². The summed E-state index contributed by atoms with van der Waals surface area (Å²) in [5, 5.41) is 0. The number of hydrogen-bond acceptors (Lipinski definition) is 7. The Morgan fingerprint density at radius 3 is 2.72 bits per heavy atom. The Morgan fingerprint density at radius 1 is 1.14 bits per heavy atom. The average molecular weight is 486 g/mol. The van der Waals surface area contributed by atoms with Gasteiger partial charge in [0.05, 0.1) is 24.4 Å². The van der Waals surface area contributed by atoms with E-state index in [9.17, 15) is 4.79 Å². The summed E-state index contributed by atoms with van der Waals surface area (Å²) in [6.45, 7) is 12.3. The maximum Gasteiger partial charge on any atom is 0.312 e. The highest BCUT2D eigenvalue weighted by atomic mass is 16.5. The molecule has 3 aromatic heterocycles. The van der Waals surface area contributed by atoms with Crippen LogP contribution in [0, 0.1) is 13.5 Å². The molecule has 9 heteroatoms. The number of aromatic nitrogens is 3. The van der Waals surface area contributed by atoms with E-state index in [2.05, 4.69) is 14.7 Å². The van der Waals surface area contributed by atoms with Crippen LogP contribution in [-0.2, 0) is 11.8 Å². The number of benzene rings is 1. The fourth-order valence-corrected chi connectivity index (χ4v) is 5.11. The quantitative estimate of drug-likeness (QED) is 0.394. The summed E-state index contributed by atoms with van der Waals surface area (Å²) < 4.78 is 19.0. The van der Waals surface area contributed by atoms with Crippen molar-refractivity contribution in [2.24, 2.45) is 7.05 Å². The number of nitrogens with zero attached hydrogens (tertiary/aromatic N) is 5. The number of ether oxygens (including phenoxy) is 2. The first-order valence-corrected chi connectivity index (χ1v) is 12.3. The molecule has 184 valence electrons. The van der Waals surface area contributed by atoms with Gasteiger partial charge in [-0.15, -0.1) is 4.98 Å². The SMILES string of the molecule is [C-]#[N+]c1nc2c(N3CCC(c4nc5cc(C)ccc5o4)CC3)cc(=O)n(C)c2cc1O[C@H]1CCOC1. The van der Waals surface area contributed by atoms with Crippen LogP contribution in [0.3, 0.4) is 0 Å². The van der Waals surface area contributed by atoms with Crippen LogP contribution in [-0.4, -0.2) is 46.9 Å². The Labute approximate surface area is 208 Å². The second-order valence-electron chi connectivity index (χ2n) is 9.60. The van der Waals surface area contributed by atoms with Crippen LogP contribution in [0.4, 0.5) is 11.5 Å². The van der Waals surface area contributed by atoms with Gasteiger partial charge in [-0.3, -0.25) is 4.79 Å². The molecule has 0 spiro atoms. The fourth-order valence-electron chi connectivity index (χ4n) is 5.11. The number of fused-ring (bicyclic) bond motifs is 2. The third kappa shape index (κ3) is 3.97. The van der Waals surface area contributed by atoms with Crippen molar-refractivity contribution in [3.63, 3.8) is 0 Å². The Morgan fingerprint density at radius 2 is 1.97 bits per heavy atom. The molecule has 2 fully saturated rings. The Kier molecular flexibility index (Phi) is 5.61. The molecule has 9 nitrogen and oxygen atoms in total. The second kappa shape index (κ2) is 8.95. The molecule has 0 radical (unpaired) electrons. The van der Waals surface area contributed by atoms with E-state index in [1.165, 1.54) is 0 Å². The molecule has 6 rings (SSSR count). The van der Waals surface area contributed by atoms with Crippen LogP contribution in [0.15, 0.2) is 39.5 Å². The minimum absolute atomic E-state index is 0.111. The van der Waals surface area contributed by atoms with Crippen LogP contribution in [0.1, 0.15) is 36.6 Å². The zero-order valence-electron chi connectivity index (χ0n) is 20.4. The van der Waals surface area contributed by atoms with Crippen molar-refractivity contribution >= 4 is 33.6 Å². The van der Waals surface area contributed by atoms with Gasteiger partial charge in [0.25, 0.3) is 5.56 Å². The Bertz CT molecular complexity index is 1550. The summed E-state index contributed by atoms with van der Waals surface area (Å²) in [7, 11) is 1.72. The lowest BCUT2D eigenvalue weighted by Gasteiger charge is -2.32. The van der Waals surface area contributed by atoms with Crippen molar-refractivity contribution < 1.29 is 13.9 Å². The zero-order valence-corrected chi connectivity index (χ0v) is 20.4. The molecule has 2 saturated heterocycles. The molecule has 5 heterocycles. The molecule has 0 bridgehead atoms. The highest BCUT2D eigenvalue weighted by Gasteiger charge is 2.28. The van der Waals surface area contributed by atoms with E-state index in [-0.39, 0.29) is 23.4 Å². The second-order valence-corrected chi connectivity index (χ2v) is 9.60. The topological polar surface area (TPSA) is 87.0 Å². The molecule has 2 aliphatic heterocycles. The number of oxazole rings is 1. The normalized spacial score (nSPS) is 18.7. The van der Waals surface area contributed by atoms with E-state index in [0.29, 0.717) is 30.0 Å². The summed E-state index contributed by atoms with van der Waals surface area (Å²) >= 11 is 0. The number of rotatable bonds is 4. The standard InChI is InChI=1S/C27H27N5O4/c1-16-4-5-22-19(12-16)29-27(36-22)17-6-9-32(10-7-17)21-14-24(33)31(3)20-13-23(26(28-2)30-25(20)21)35-18-8-11-34-15-18/h4-5,12-14,17-18H,6-11,15H2,1,3H3/t18-/m0/s1. The van der Waals surface area contributed by atoms with E-state index >= 15 is 0 Å². The van der Waals surface area contributed by atoms with E-state index < -0.39 is 0 Å². The lowest BCUT2D eigenvalue weighted by molar-refractivity contribution is 0.142. The van der Waals surface area contributed by atoms with Gasteiger partial charge in [-0.05, 0) is 43.5 Å². The van der Waals surface area contributed by atoms with Crippen LogP contribution < -0.4 is 15.2 Å². The molecule has 0 aliphatic carbocycles. The first kappa shape index (κ1) is 22.6. The number of piperidine rings is 1. The highest BCUT2D eigenvalue weighted by Crippen LogP contribution is 2.37. The molecular weight excluding hydrogens is 458 g/mol. The van der Waals surface area contributed by atoms with Gasteiger partial charge in [0.2, 0.25) is 5.52 Å². The Hall–Kier alpha value is -3.90. The van der Waals surface area contributed by atoms with E-state index in [4.69, 9.17) is 25.4 Å². The molecule has 0 amide bonds. The monoisotopic (exact) mass is 485 g/mol. The van der Waals surface area contributed by atoms with Crippen molar-refractivity contribution in [2.75, 3.05) is 31.2 Å². The zero-order chi connectivity index (χ0) is 24.8. The van der Waals surface area contributed by atoms with Crippen molar-refractivity contribution in [3.8, 4) is 5.75 Å². The van der Waals surface area contributed by atoms with Gasteiger partial charge < -0.3 is 28.2 Å². The first-order valence-electron chi connectivity index (χ1n) is 12.3. The van der Waals surface area contributed by atoms with Gasteiger partial charge in [-0.25, -0.2) is 4.98 Å². The number of anilines is 1. The van der Waals surface area contributed by atoms with Crippen molar-refractivity contribution in [1.29, 1.82) is 0 Å². The summed E-state index contributed by atoms with van der Waals surface area (Å²) in [6, 6.07) is 9.44. The third-order valence-electron chi connectivity index (χ3n) is 7.18. The average Bonchev–Trinajstić information content (AvgIpc) is 3.56. The van der Waals surface area contributed by atoms with E-state index in [1.54, 1.807) is 23.7 Å². The van der Waals surface area contributed by atoms with Crippen LogP contribution >= 0.6 is 0 Å². The Balaban J connectivity index is 1.30. The molecule has 0 saturated carbocycles. The van der Waals surface area contributed by atoms with Gasteiger partial charge in [-0.1, -0.05) is 12.6 Å². The predicted octanol–water partition coefficient (Wildman–Crippen LogP) is 4.49. The van der Waals surface area contributed by atoms with Gasteiger partial charge >= 0.3 is 5.82 Å². The minimum atomic E-state index is -0.124. The largest absolute Gasteiger partial charge is 0.497 e. The molecule has 36 heavy (non-hydrogen) atoms. The third-order valence-corrected chi connectivity index (χ3v) is 7.18. The van der Waals surface area contributed by atoms with Gasteiger partial charge in [0.15, 0.2) is 11.5 Å². The molecule has 1 atom stereocenters.